The molecule has 1 atom stereocenters. The van der Waals surface area contributed by atoms with E-state index in [0.717, 1.165) is 4.90 Å². The summed E-state index contributed by atoms with van der Waals surface area (Å²) < 4.78 is 30.6. The van der Waals surface area contributed by atoms with E-state index >= 15 is 0 Å². The van der Waals surface area contributed by atoms with Crippen molar-refractivity contribution in [3.8, 4) is 17.2 Å². The summed E-state index contributed by atoms with van der Waals surface area (Å²) in [6, 6.07) is 7.32. The van der Waals surface area contributed by atoms with Crippen LogP contribution in [0, 0.1) is 5.82 Å². The van der Waals surface area contributed by atoms with Crippen LogP contribution < -0.4 is 19.9 Å². The Morgan fingerprint density at radius 2 is 1.57 bits per heavy atom. The van der Waals surface area contributed by atoms with Gasteiger partial charge >= 0.3 is 0 Å². The van der Waals surface area contributed by atoms with E-state index in [1.54, 1.807) is 0 Å². The van der Waals surface area contributed by atoms with Crippen molar-refractivity contribution in [1.82, 2.24) is 4.90 Å². The zero-order chi connectivity index (χ0) is 22.3. The van der Waals surface area contributed by atoms with Crippen LogP contribution in [0.3, 0.4) is 0 Å². The first-order valence-corrected chi connectivity index (χ1v) is 9.72. The summed E-state index contributed by atoms with van der Waals surface area (Å²) in [6.45, 7) is 6.54. The zero-order valence-electron chi connectivity index (χ0n) is 17.6. The van der Waals surface area contributed by atoms with Crippen LogP contribution in [0.1, 0.15) is 42.7 Å². The van der Waals surface area contributed by atoms with Gasteiger partial charge in [-0.2, -0.15) is 0 Å². The van der Waals surface area contributed by atoms with Gasteiger partial charge in [-0.15, -0.1) is 0 Å². The van der Waals surface area contributed by atoms with E-state index in [0.29, 0.717) is 37.1 Å². The topological polar surface area (TPSA) is 91.1 Å². The second-order valence-electron chi connectivity index (χ2n) is 6.38. The van der Waals surface area contributed by atoms with Crippen molar-refractivity contribution in [1.29, 1.82) is 0 Å². The first kappa shape index (κ1) is 23.0. The van der Waals surface area contributed by atoms with Gasteiger partial charge in [0.05, 0.1) is 19.8 Å². The van der Waals surface area contributed by atoms with Crippen molar-refractivity contribution in [2.45, 2.75) is 26.8 Å². The van der Waals surface area contributed by atoms with Gasteiger partial charge in [0.25, 0.3) is 5.91 Å². The molecule has 0 bridgehead atoms. The van der Waals surface area contributed by atoms with Gasteiger partial charge < -0.3 is 24.8 Å². The highest BCUT2D eigenvalue weighted by molar-refractivity contribution is 5.98. The zero-order valence-corrected chi connectivity index (χ0v) is 17.6. The summed E-state index contributed by atoms with van der Waals surface area (Å²) in [5, 5.41) is 0. The number of rotatable bonds is 10. The molecule has 7 nitrogen and oxygen atoms in total. The van der Waals surface area contributed by atoms with Gasteiger partial charge in [0.2, 0.25) is 11.7 Å². The molecule has 30 heavy (non-hydrogen) atoms. The lowest BCUT2D eigenvalue weighted by Crippen LogP contribution is -2.39. The van der Waals surface area contributed by atoms with Crippen LogP contribution in [0.15, 0.2) is 36.4 Å². The minimum absolute atomic E-state index is 0.218. The summed E-state index contributed by atoms with van der Waals surface area (Å²) in [7, 11) is 1.43. The average molecular weight is 418 g/mol. The molecule has 0 spiro atoms. The molecule has 2 rings (SSSR count). The highest BCUT2D eigenvalue weighted by Gasteiger charge is 2.29. The minimum Gasteiger partial charge on any atom is -0.490 e. The first-order chi connectivity index (χ1) is 14.3. The minimum atomic E-state index is -1.15. The Bertz CT molecular complexity index is 876. The Balaban J connectivity index is 2.50. The Labute approximate surface area is 175 Å². The molecule has 0 heterocycles. The van der Waals surface area contributed by atoms with Crippen molar-refractivity contribution < 1.29 is 28.2 Å². The molecule has 0 aliphatic carbocycles. The third kappa shape index (κ3) is 5.20. The number of hydrogen-bond acceptors (Lipinski definition) is 5. The van der Waals surface area contributed by atoms with Crippen molar-refractivity contribution in [3.63, 3.8) is 0 Å². The standard InChI is InChI=1S/C22H27FN2O5/c1-5-28-17-12-15(13-18(29-6-2)20(17)30-7-3)22(27)25(4)19(21(24)26)14-9-8-10-16(23)11-14/h8-13,19H,5-7H2,1-4H3,(H2,24,26). The maximum absolute atomic E-state index is 13.7. The summed E-state index contributed by atoms with van der Waals surface area (Å²) in [5.74, 6) is -0.716. The number of likely N-dealkylation sites (N-methyl/N-ethyl adjacent to an activating group) is 1. The van der Waals surface area contributed by atoms with E-state index in [9.17, 15) is 14.0 Å². The van der Waals surface area contributed by atoms with Crippen LogP contribution in [0.4, 0.5) is 4.39 Å². The number of nitrogens with zero attached hydrogens (tertiary/aromatic N) is 1. The SMILES string of the molecule is CCOc1cc(C(=O)N(C)C(C(N)=O)c2cccc(F)c2)cc(OCC)c1OCC. The highest BCUT2D eigenvalue weighted by atomic mass is 19.1. The second-order valence-corrected chi connectivity index (χ2v) is 6.38. The lowest BCUT2D eigenvalue weighted by molar-refractivity contribution is -0.122. The molecule has 0 saturated heterocycles. The molecule has 2 amide bonds. The van der Waals surface area contributed by atoms with E-state index in [1.807, 2.05) is 20.8 Å². The smallest absolute Gasteiger partial charge is 0.254 e. The predicted octanol–water partition coefficient (Wildman–Crippen LogP) is 3.32. The maximum atomic E-state index is 13.7. The summed E-state index contributed by atoms with van der Waals surface area (Å²) in [6.07, 6.45) is 0. The largest absolute Gasteiger partial charge is 0.490 e. The number of primary amides is 1. The van der Waals surface area contributed by atoms with Crippen LogP contribution in [-0.4, -0.2) is 43.6 Å². The molecule has 1 unspecified atom stereocenters. The summed E-state index contributed by atoms with van der Waals surface area (Å²) >= 11 is 0. The van der Waals surface area contributed by atoms with Gasteiger partial charge in [0.1, 0.15) is 11.9 Å². The Hall–Kier alpha value is -3.29. The van der Waals surface area contributed by atoms with Gasteiger partial charge in [-0.1, -0.05) is 12.1 Å². The molecule has 8 heteroatoms. The third-order valence-corrected chi connectivity index (χ3v) is 4.30. The van der Waals surface area contributed by atoms with Crippen LogP contribution in [0.5, 0.6) is 17.2 Å². The average Bonchev–Trinajstić information content (AvgIpc) is 2.70. The Kier molecular flexibility index (Phi) is 8.03. The van der Waals surface area contributed by atoms with Gasteiger partial charge in [-0.3, -0.25) is 9.59 Å². The maximum Gasteiger partial charge on any atom is 0.254 e. The van der Waals surface area contributed by atoms with E-state index in [2.05, 4.69) is 0 Å². The highest BCUT2D eigenvalue weighted by Crippen LogP contribution is 2.39. The van der Waals surface area contributed by atoms with Crippen molar-refractivity contribution >= 4 is 11.8 Å². The van der Waals surface area contributed by atoms with Gasteiger partial charge in [0, 0.05) is 12.6 Å². The number of carbonyl (C=O) groups is 2. The number of hydrogen-bond donors (Lipinski definition) is 1. The quantitative estimate of drug-likeness (QED) is 0.639. The van der Waals surface area contributed by atoms with Crippen LogP contribution in [0.25, 0.3) is 0 Å². The fraction of sp³-hybridized carbons (Fsp3) is 0.364. The summed E-state index contributed by atoms with van der Waals surface area (Å²) in [5.41, 5.74) is 6.03. The van der Waals surface area contributed by atoms with E-state index in [-0.39, 0.29) is 11.1 Å². The number of nitrogens with two attached hydrogens (primary N) is 1. The lowest BCUT2D eigenvalue weighted by atomic mass is 10.0. The Morgan fingerprint density at radius 3 is 2.03 bits per heavy atom. The van der Waals surface area contributed by atoms with E-state index in [4.69, 9.17) is 19.9 Å². The molecule has 0 saturated carbocycles. The molecule has 0 aromatic heterocycles. The van der Waals surface area contributed by atoms with Crippen LogP contribution in [-0.2, 0) is 4.79 Å². The number of halogens is 1. The molecule has 2 aromatic carbocycles. The van der Waals surface area contributed by atoms with Gasteiger partial charge in [0.15, 0.2) is 11.5 Å². The molecule has 2 N–H and O–H groups in total. The molecule has 0 radical (unpaired) electrons. The molecular weight excluding hydrogens is 391 g/mol. The molecule has 0 aliphatic rings. The lowest BCUT2D eigenvalue weighted by Gasteiger charge is -2.27. The molecule has 162 valence electrons. The third-order valence-electron chi connectivity index (χ3n) is 4.30. The number of amides is 2. The molecule has 2 aromatic rings. The molecule has 0 aliphatic heterocycles. The van der Waals surface area contributed by atoms with Crippen LogP contribution in [0.2, 0.25) is 0 Å². The van der Waals surface area contributed by atoms with Crippen molar-refractivity contribution in [2.24, 2.45) is 5.73 Å². The van der Waals surface area contributed by atoms with Gasteiger partial charge in [-0.05, 0) is 50.6 Å². The predicted molar refractivity (Wildman–Crippen MR) is 110 cm³/mol. The summed E-state index contributed by atoms with van der Waals surface area (Å²) in [4.78, 5) is 26.5. The van der Waals surface area contributed by atoms with Gasteiger partial charge in [-0.25, -0.2) is 4.39 Å². The first-order valence-electron chi connectivity index (χ1n) is 9.72. The number of ether oxygens (including phenoxy) is 3. The molecule has 0 fully saturated rings. The van der Waals surface area contributed by atoms with E-state index < -0.39 is 23.7 Å². The fourth-order valence-corrected chi connectivity index (χ4v) is 3.09. The van der Waals surface area contributed by atoms with Crippen LogP contribution >= 0.6 is 0 Å². The molecular formula is C22H27FN2O5. The van der Waals surface area contributed by atoms with Crippen molar-refractivity contribution in [3.05, 3.63) is 53.3 Å². The monoisotopic (exact) mass is 418 g/mol. The van der Waals surface area contributed by atoms with Crippen molar-refractivity contribution in [2.75, 3.05) is 26.9 Å². The normalized spacial score (nSPS) is 11.5. The fourth-order valence-electron chi connectivity index (χ4n) is 3.09. The van der Waals surface area contributed by atoms with E-state index in [1.165, 1.54) is 43.4 Å². The number of benzene rings is 2. The number of carbonyl (C=O) groups excluding carboxylic acids is 2. The second kappa shape index (κ2) is 10.5. The Morgan fingerprint density at radius 1 is 1.00 bits per heavy atom.